The predicted octanol–water partition coefficient (Wildman–Crippen LogP) is -1.28. The number of nitrogens with one attached hydrogen (secondary N) is 2. The SMILES string of the molecule is CNC(=O)NC(=O)C(C)N1CC(CN)C1. The minimum Gasteiger partial charge on any atom is -0.341 e. The zero-order chi connectivity index (χ0) is 11.4. The molecule has 0 aromatic heterocycles. The lowest BCUT2D eigenvalue weighted by Gasteiger charge is -2.41. The van der Waals surface area contributed by atoms with Crippen molar-refractivity contribution in [2.75, 3.05) is 26.7 Å². The summed E-state index contributed by atoms with van der Waals surface area (Å²) in [5, 5.41) is 4.59. The molecule has 1 aliphatic rings. The molecule has 1 atom stereocenters. The molecule has 1 rings (SSSR count). The quantitative estimate of drug-likeness (QED) is 0.546. The van der Waals surface area contributed by atoms with Crippen molar-refractivity contribution in [2.24, 2.45) is 11.7 Å². The number of carbonyl (C=O) groups is 2. The van der Waals surface area contributed by atoms with Crippen LogP contribution in [0.25, 0.3) is 0 Å². The van der Waals surface area contributed by atoms with Gasteiger partial charge in [0.05, 0.1) is 6.04 Å². The highest BCUT2D eigenvalue weighted by Crippen LogP contribution is 2.17. The number of likely N-dealkylation sites (tertiary alicyclic amines) is 1. The van der Waals surface area contributed by atoms with Gasteiger partial charge in [-0.05, 0) is 19.4 Å². The molecule has 0 spiro atoms. The number of imide groups is 1. The molecule has 1 unspecified atom stereocenters. The van der Waals surface area contributed by atoms with Crippen molar-refractivity contribution in [3.05, 3.63) is 0 Å². The molecule has 1 fully saturated rings. The number of hydrogen-bond acceptors (Lipinski definition) is 4. The summed E-state index contributed by atoms with van der Waals surface area (Å²) in [6.07, 6.45) is 0. The van der Waals surface area contributed by atoms with Gasteiger partial charge in [-0.3, -0.25) is 15.0 Å². The minimum atomic E-state index is -0.470. The summed E-state index contributed by atoms with van der Waals surface area (Å²) in [6, 6.07) is -0.743. The third kappa shape index (κ3) is 2.90. The Kier molecular flexibility index (Phi) is 4.05. The Morgan fingerprint density at radius 2 is 2.13 bits per heavy atom. The standard InChI is InChI=1S/C9H18N4O2/c1-6(8(14)12-9(15)11-2)13-4-7(3-10)5-13/h6-7H,3-5,10H2,1-2H3,(H2,11,12,14,15). The third-order valence-corrected chi connectivity index (χ3v) is 2.71. The van der Waals surface area contributed by atoms with Crippen LogP contribution in [0.3, 0.4) is 0 Å². The minimum absolute atomic E-state index is 0.273. The highest BCUT2D eigenvalue weighted by atomic mass is 16.2. The number of nitrogens with two attached hydrogens (primary N) is 1. The molecule has 0 bridgehead atoms. The van der Waals surface area contributed by atoms with Crippen LogP contribution in [0.1, 0.15) is 6.92 Å². The van der Waals surface area contributed by atoms with E-state index in [9.17, 15) is 9.59 Å². The van der Waals surface area contributed by atoms with E-state index in [0.717, 1.165) is 13.1 Å². The van der Waals surface area contributed by atoms with Gasteiger partial charge in [-0.15, -0.1) is 0 Å². The molecule has 6 nitrogen and oxygen atoms in total. The molecule has 0 aliphatic carbocycles. The van der Waals surface area contributed by atoms with E-state index in [0.29, 0.717) is 12.5 Å². The number of amides is 3. The zero-order valence-corrected chi connectivity index (χ0v) is 9.12. The van der Waals surface area contributed by atoms with Gasteiger partial charge in [-0.25, -0.2) is 4.79 Å². The molecule has 1 heterocycles. The van der Waals surface area contributed by atoms with Crippen molar-refractivity contribution >= 4 is 11.9 Å². The van der Waals surface area contributed by atoms with E-state index in [1.807, 2.05) is 4.90 Å². The number of nitrogens with zero attached hydrogens (tertiary/aromatic N) is 1. The van der Waals surface area contributed by atoms with Gasteiger partial charge in [0.25, 0.3) is 0 Å². The first-order valence-corrected chi connectivity index (χ1v) is 5.05. The first-order valence-electron chi connectivity index (χ1n) is 5.05. The Balaban J connectivity index is 2.31. The summed E-state index contributed by atoms with van der Waals surface area (Å²) in [7, 11) is 1.47. The Morgan fingerprint density at radius 1 is 1.53 bits per heavy atom. The summed E-state index contributed by atoms with van der Waals surface area (Å²) in [6.45, 7) is 4.10. The predicted molar refractivity (Wildman–Crippen MR) is 56.2 cm³/mol. The van der Waals surface area contributed by atoms with Crippen LogP contribution < -0.4 is 16.4 Å². The fraction of sp³-hybridized carbons (Fsp3) is 0.778. The molecule has 6 heteroatoms. The normalized spacial score (nSPS) is 19.1. The lowest BCUT2D eigenvalue weighted by Crippen LogP contribution is -2.58. The van der Waals surface area contributed by atoms with E-state index in [1.165, 1.54) is 7.05 Å². The zero-order valence-electron chi connectivity index (χ0n) is 9.12. The second kappa shape index (κ2) is 5.09. The molecule has 0 aromatic carbocycles. The van der Waals surface area contributed by atoms with Crippen molar-refractivity contribution < 1.29 is 9.59 Å². The van der Waals surface area contributed by atoms with Crippen LogP contribution in [0.4, 0.5) is 4.79 Å². The van der Waals surface area contributed by atoms with Gasteiger partial charge in [0.1, 0.15) is 0 Å². The monoisotopic (exact) mass is 214 g/mol. The highest BCUT2D eigenvalue weighted by Gasteiger charge is 2.32. The first kappa shape index (κ1) is 11.9. The number of rotatable bonds is 3. The Labute approximate surface area is 89.2 Å². The van der Waals surface area contributed by atoms with Gasteiger partial charge in [-0.2, -0.15) is 0 Å². The van der Waals surface area contributed by atoms with Crippen LogP contribution in [0.5, 0.6) is 0 Å². The molecule has 3 amide bonds. The number of carbonyl (C=O) groups excluding carboxylic acids is 2. The largest absolute Gasteiger partial charge is 0.341 e. The summed E-state index contributed by atoms with van der Waals surface area (Å²) in [5.41, 5.74) is 5.48. The maximum absolute atomic E-state index is 11.5. The maximum Gasteiger partial charge on any atom is 0.321 e. The molecule has 0 radical (unpaired) electrons. The van der Waals surface area contributed by atoms with Crippen molar-refractivity contribution in [1.29, 1.82) is 0 Å². The fourth-order valence-corrected chi connectivity index (χ4v) is 1.52. The smallest absolute Gasteiger partial charge is 0.321 e. The number of urea groups is 1. The van der Waals surface area contributed by atoms with Gasteiger partial charge >= 0.3 is 6.03 Å². The summed E-state index contributed by atoms with van der Waals surface area (Å²) >= 11 is 0. The van der Waals surface area contributed by atoms with Crippen LogP contribution in [0, 0.1) is 5.92 Å². The highest BCUT2D eigenvalue weighted by molar-refractivity contribution is 5.96. The fourth-order valence-electron chi connectivity index (χ4n) is 1.52. The summed E-state index contributed by atoms with van der Waals surface area (Å²) in [5.74, 6) is 0.213. The lowest BCUT2D eigenvalue weighted by atomic mass is 9.98. The maximum atomic E-state index is 11.5. The van der Waals surface area contributed by atoms with E-state index in [-0.39, 0.29) is 11.9 Å². The van der Waals surface area contributed by atoms with E-state index in [4.69, 9.17) is 5.73 Å². The van der Waals surface area contributed by atoms with Crippen molar-refractivity contribution in [3.63, 3.8) is 0 Å². The summed E-state index contributed by atoms with van der Waals surface area (Å²) < 4.78 is 0. The van der Waals surface area contributed by atoms with Crippen LogP contribution in [0.2, 0.25) is 0 Å². The van der Waals surface area contributed by atoms with E-state index >= 15 is 0 Å². The molecular formula is C9H18N4O2. The van der Waals surface area contributed by atoms with Crippen molar-refractivity contribution in [1.82, 2.24) is 15.5 Å². The summed E-state index contributed by atoms with van der Waals surface area (Å²) in [4.78, 5) is 24.4. The molecule has 86 valence electrons. The van der Waals surface area contributed by atoms with E-state index < -0.39 is 6.03 Å². The molecule has 0 saturated carbocycles. The van der Waals surface area contributed by atoms with E-state index in [1.54, 1.807) is 6.92 Å². The molecule has 15 heavy (non-hydrogen) atoms. The molecular weight excluding hydrogens is 196 g/mol. The molecule has 1 saturated heterocycles. The van der Waals surface area contributed by atoms with Gasteiger partial charge in [0, 0.05) is 20.1 Å². The topological polar surface area (TPSA) is 87.5 Å². The number of hydrogen-bond donors (Lipinski definition) is 3. The Hall–Kier alpha value is -1.14. The van der Waals surface area contributed by atoms with Gasteiger partial charge in [-0.1, -0.05) is 0 Å². The third-order valence-electron chi connectivity index (χ3n) is 2.71. The molecule has 4 N–H and O–H groups in total. The van der Waals surface area contributed by atoms with Gasteiger partial charge < -0.3 is 11.1 Å². The molecule has 1 aliphatic heterocycles. The van der Waals surface area contributed by atoms with Gasteiger partial charge in [0.2, 0.25) is 5.91 Å². The average Bonchev–Trinajstić information content (AvgIpc) is 2.15. The van der Waals surface area contributed by atoms with Crippen LogP contribution in [-0.4, -0.2) is 49.6 Å². The van der Waals surface area contributed by atoms with Crippen molar-refractivity contribution in [3.8, 4) is 0 Å². The first-order chi connectivity index (χ1) is 7.08. The van der Waals surface area contributed by atoms with Crippen LogP contribution >= 0.6 is 0 Å². The lowest BCUT2D eigenvalue weighted by molar-refractivity contribution is -0.127. The second-order valence-corrected chi connectivity index (χ2v) is 3.80. The second-order valence-electron chi connectivity index (χ2n) is 3.80. The molecule has 0 aromatic rings. The Morgan fingerprint density at radius 3 is 2.60 bits per heavy atom. The van der Waals surface area contributed by atoms with Crippen LogP contribution in [0.15, 0.2) is 0 Å². The Bertz CT molecular complexity index is 250. The van der Waals surface area contributed by atoms with E-state index in [2.05, 4.69) is 10.6 Å². The average molecular weight is 214 g/mol. The van der Waals surface area contributed by atoms with Crippen molar-refractivity contribution in [2.45, 2.75) is 13.0 Å². The van der Waals surface area contributed by atoms with Gasteiger partial charge in [0.15, 0.2) is 0 Å². The van der Waals surface area contributed by atoms with Crippen LogP contribution in [-0.2, 0) is 4.79 Å².